The zero-order valence-electron chi connectivity index (χ0n) is 20.1. The van der Waals surface area contributed by atoms with E-state index in [9.17, 15) is 14.4 Å². The van der Waals surface area contributed by atoms with E-state index in [2.05, 4.69) is 25.9 Å². The Morgan fingerprint density at radius 2 is 1.85 bits per heavy atom. The summed E-state index contributed by atoms with van der Waals surface area (Å²) in [6.07, 6.45) is 1.57. The third-order valence-corrected chi connectivity index (χ3v) is 5.15. The predicted octanol–water partition coefficient (Wildman–Crippen LogP) is 2.73. The van der Waals surface area contributed by atoms with Gasteiger partial charge in [0.15, 0.2) is 0 Å². The summed E-state index contributed by atoms with van der Waals surface area (Å²) >= 11 is 0. The van der Waals surface area contributed by atoms with E-state index in [1.165, 1.54) is 4.90 Å². The van der Waals surface area contributed by atoms with Gasteiger partial charge in [0.05, 0.1) is 5.69 Å². The fourth-order valence-corrected chi connectivity index (χ4v) is 3.10. The second kappa shape index (κ2) is 10.5. The number of ether oxygens (including phenoxy) is 1. The first-order chi connectivity index (χ1) is 16.0. The van der Waals surface area contributed by atoms with E-state index in [4.69, 9.17) is 4.74 Å². The molecule has 0 atom stereocenters. The van der Waals surface area contributed by atoms with Crippen LogP contribution in [0.15, 0.2) is 30.5 Å². The Labute approximate surface area is 198 Å². The number of aryl methyl sites for hydroxylation is 1. The summed E-state index contributed by atoms with van der Waals surface area (Å²) in [5.41, 5.74) is -0.158. The van der Waals surface area contributed by atoms with Crippen molar-refractivity contribution in [3.63, 3.8) is 0 Å². The lowest BCUT2D eigenvalue weighted by atomic mass is 9.96. The van der Waals surface area contributed by atoms with Gasteiger partial charge in [0, 0.05) is 50.9 Å². The first kappa shape index (κ1) is 24.9. The lowest BCUT2D eigenvalue weighted by molar-refractivity contribution is -0.127. The number of piperazine rings is 1. The van der Waals surface area contributed by atoms with Crippen molar-refractivity contribution >= 4 is 29.6 Å². The van der Waals surface area contributed by atoms with Crippen molar-refractivity contribution < 1.29 is 19.1 Å². The van der Waals surface area contributed by atoms with Crippen molar-refractivity contribution in [1.29, 1.82) is 0 Å². The number of nitrogens with zero attached hydrogens (tertiary/aromatic N) is 4. The molecule has 3 heterocycles. The topological polar surface area (TPSA) is 129 Å². The molecule has 11 heteroatoms. The Kier molecular flexibility index (Phi) is 7.67. The van der Waals surface area contributed by atoms with Gasteiger partial charge in [0.25, 0.3) is 0 Å². The zero-order chi connectivity index (χ0) is 24.9. The molecule has 2 aromatic heterocycles. The molecule has 5 amide bonds. The van der Waals surface area contributed by atoms with E-state index in [1.807, 2.05) is 0 Å². The van der Waals surface area contributed by atoms with Crippen molar-refractivity contribution in [3.05, 3.63) is 36.2 Å². The van der Waals surface area contributed by atoms with E-state index in [1.54, 1.807) is 70.1 Å². The highest BCUT2D eigenvalue weighted by Gasteiger charge is 2.24. The molecule has 11 nitrogen and oxygen atoms in total. The normalized spacial score (nSPS) is 13.7. The van der Waals surface area contributed by atoms with Crippen molar-refractivity contribution in [3.8, 4) is 11.5 Å². The van der Waals surface area contributed by atoms with Crippen molar-refractivity contribution in [2.75, 3.05) is 43.4 Å². The molecule has 0 saturated carbocycles. The van der Waals surface area contributed by atoms with Gasteiger partial charge in [0.1, 0.15) is 23.1 Å². The maximum atomic E-state index is 12.7. The van der Waals surface area contributed by atoms with Crippen LogP contribution in [0.25, 0.3) is 0 Å². The number of aromatic nitrogens is 2. The highest BCUT2D eigenvalue weighted by atomic mass is 16.5. The summed E-state index contributed by atoms with van der Waals surface area (Å²) in [5, 5.41) is 8.05. The van der Waals surface area contributed by atoms with Crippen LogP contribution in [0.4, 0.5) is 21.2 Å². The number of urea groups is 2. The summed E-state index contributed by atoms with van der Waals surface area (Å²) in [7, 11) is 1.68. The summed E-state index contributed by atoms with van der Waals surface area (Å²) in [4.78, 5) is 48.6. The van der Waals surface area contributed by atoms with E-state index in [-0.39, 0.29) is 11.8 Å². The average molecular weight is 470 g/mol. The van der Waals surface area contributed by atoms with Crippen LogP contribution in [0.5, 0.6) is 11.5 Å². The van der Waals surface area contributed by atoms with Gasteiger partial charge in [-0.15, -0.1) is 0 Å². The quantitative estimate of drug-likeness (QED) is 0.628. The number of hydrogen-bond acceptors (Lipinski definition) is 7. The first-order valence-electron chi connectivity index (χ1n) is 11.0. The molecule has 0 spiro atoms. The number of carbonyl (C=O) groups excluding carboxylic acids is 3. The van der Waals surface area contributed by atoms with E-state index in [0.29, 0.717) is 36.1 Å². The molecule has 0 unspecified atom stereocenters. The number of imide groups is 1. The Morgan fingerprint density at radius 1 is 1.15 bits per heavy atom. The monoisotopic (exact) mass is 469 g/mol. The number of amides is 5. The van der Waals surface area contributed by atoms with Crippen molar-refractivity contribution in [1.82, 2.24) is 25.5 Å². The number of pyridine rings is 2. The minimum absolute atomic E-state index is 0.123. The zero-order valence-corrected chi connectivity index (χ0v) is 20.1. The molecule has 0 radical (unpaired) electrons. The van der Waals surface area contributed by atoms with Gasteiger partial charge >= 0.3 is 12.1 Å². The summed E-state index contributed by atoms with van der Waals surface area (Å²) in [5.74, 6) is 1.32. The molecule has 182 valence electrons. The number of rotatable bonds is 4. The van der Waals surface area contributed by atoms with Crippen molar-refractivity contribution in [2.24, 2.45) is 5.41 Å². The van der Waals surface area contributed by atoms with E-state index in [0.717, 1.165) is 13.1 Å². The second-order valence-electron chi connectivity index (χ2n) is 8.97. The van der Waals surface area contributed by atoms with Gasteiger partial charge < -0.3 is 15.0 Å². The predicted molar refractivity (Wildman–Crippen MR) is 128 cm³/mol. The van der Waals surface area contributed by atoms with Crippen LogP contribution in [0.2, 0.25) is 0 Å². The lowest BCUT2D eigenvalue weighted by Gasteiger charge is -2.31. The molecule has 1 aliphatic heterocycles. The highest BCUT2D eigenvalue weighted by Crippen LogP contribution is 2.27. The highest BCUT2D eigenvalue weighted by molar-refractivity contribution is 6.02. The van der Waals surface area contributed by atoms with Gasteiger partial charge in [-0.3, -0.25) is 20.3 Å². The van der Waals surface area contributed by atoms with Crippen molar-refractivity contribution in [2.45, 2.75) is 27.7 Å². The molecule has 1 fully saturated rings. The molecule has 0 bridgehead atoms. The number of anilines is 2. The Hall–Kier alpha value is -3.73. The molecule has 1 aliphatic rings. The molecule has 3 N–H and O–H groups in total. The summed E-state index contributed by atoms with van der Waals surface area (Å²) in [6, 6.07) is 5.82. The Bertz CT molecular complexity index is 1060. The SMILES string of the molecule is Cc1nc(NC(=O)NC(=O)C(C)(C)C)ccc1Oc1ccnc(N(C)C(=O)N2CCNCC2)c1. The van der Waals surface area contributed by atoms with Crippen LogP contribution in [0.1, 0.15) is 26.5 Å². The summed E-state index contributed by atoms with van der Waals surface area (Å²) in [6.45, 7) is 9.71. The number of nitrogens with one attached hydrogen (secondary N) is 3. The smallest absolute Gasteiger partial charge is 0.327 e. The average Bonchev–Trinajstić information content (AvgIpc) is 2.80. The molecule has 3 rings (SSSR count). The third kappa shape index (κ3) is 6.41. The maximum absolute atomic E-state index is 12.7. The lowest BCUT2D eigenvalue weighted by Crippen LogP contribution is -2.50. The number of carbonyl (C=O) groups is 3. The summed E-state index contributed by atoms with van der Waals surface area (Å²) < 4.78 is 5.95. The Balaban J connectivity index is 1.65. The fourth-order valence-electron chi connectivity index (χ4n) is 3.10. The van der Waals surface area contributed by atoms with E-state index >= 15 is 0 Å². The third-order valence-electron chi connectivity index (χ3n) is 5.15. The van der Waals surface area contributed by atoms with Gasteiger partial charge in [-0.2, -0.15) is 0 Å². The van der Waals surface area contributed by atoms with Crippen LogP contribution in [0, 0.1) is 12.3 Å². The van der Waals surface area contributed by atoms with Crippen LogP contribution in [-0.4, -0.2) is 66.1 Å². The standard InChI is InChI=1S/C23H31N7O4/c1-15-17(6-7-18(26-15)27-21(32)28-20(31)23(2,3)4)34-16-8-9-25-19(14-16)29(5)22(33)30-12-10-24-11-13-30/h6-9,14,24H,10-13H2,1-5H3,(H2,26,27,28,31,32). The maximum Gasteiger partial charge on any atom is 0.327 e. The fraction of sp³-hybridized carbons (Fsp3) is 0.435. The minimum atomic E-state index is -0.689. The molecule has 2 aromatic rings. The molecule has 1 saturated heterocycles. The first-order valence-corrected chi connectivity index (χ1v) is 11.0. The minimum Gasteiger partial charge on any atom is -0.455 e. The van der Waals surface area contributed by atoms with E-state index < -0.39 is 17.4 Å². The Morgan fingerprint density at radius 3 is 2.50 bits per heavy atom. The molecular formula is C23H31N7O4. The van der Waals surface area contributed by atoms with Crippen LogP contribution >= 0.6 is 0 Å². The van der Waals surface area contributed by atoms with Crippen LogP contribution in [0.3, 0.4) is 0 Å². The largest absolute Gasteiger partial charge is 0.455 e. The second-order valence-corrected chi connectivity index (χ2v) is 8.97. The van der Waals surface area contributed by atoms with Crippen LogP contribution < -0.4 is 25.6 Å². The number of hydrogen-bond donors (Lipinski definition) is 3. The molecule has 0 aliphatic carbocycles. The van der Waals surface area contributed by atoms with Crippen LogP contribution in [-0.2, 0) is 4.79 Å². The molecule has 34 heavy (non-hydrogen) atoms. The van der Waals surface area contributed by atoms with Gasteiger partial charge in [-0.05, 0) is 25.1 Å². The van der Waals surface area contributed by atoms with Gasteiger partial charge in [0.2, 0.25) is 5.91 Å². The van der Waals surface area contributed by atoms with Gasteiger partial charge in [-0.1, -0.05) is 20.8 Å². The van der Waals surface area contributed by atoms with Gasteiger partial charge in [-0.25, -0.2) is 19.6 Å². The molecular weight excluding hydrogens is 438 g/mol. The molecule has 0 aromatic carbocycles.